The van der Waals surface area contributed by atoms with Crippen LogP contribution in [0.5, 0.6) is 0 Å². The highest BCUT2D eigenvalue weighted by Crippen LogP contribution is 2.10. The van der Waals surface area contributed by atoms with Crippen LogP contribution in [-0.2, 0) is 6.42 Å². The average molecular weight is 237 g/mol. The summed E-state index contributed by atoms with van der Waals surface area (Å²) in [7, 11) is 0. The molecule has 0 spiro atoms. The van der Waals surface area contributed by atoms with E-state index in [9.17, 15) is 4.79 Å². The minimum absolute atomic E-state index is 0.188. The fourth-order valence-corrected chi connectivity index (χ4v) is 1.98. The van der Waals surface area contributed by atoms with Gasteiger partial charge >= 0.3 is 0 Å². The third kappa shape index (κ3) is 3.26. The number of H-pyrrole nitrogens is 1. The van der Waals surface area contributed by atoms with E-state index in [4.69, 9.17) is 0 Å². The molecule has 1 aliphatic rings. The Hall–Kier alpha value is -1.43. The first kappa shape index (κ1) is 12.0. The van der Waals surface area contributed by atoms with Crippen LogP contribution in [0.4, 0.5) is 0 Å². The molecular formula is C11H19N5O. The van der Waals surface area contributed by atoms with Crippen molar-refractivity contribution in [3.8, 4) is 0 Å². The van der Waals surface area contributed by atoms with Crippen molar-refractivity contribution in [2.75, 3.05) is 19.6 Å². The molecule has 17 heavy (non-hydrogen) atoms. The fourth-order valence-electron chi connectivity index (χ4n) is 1.98. The lowest BCUT2D eigenvalue weighted by Gasteiger charge is -2.07. The lowest BCUT2D eigenvalue weighted by Crippen LogP contribution is -2.27. The topological polar surface area (TPSA) is 82.7 Å². The average Bonchev–Trinajstić information content (AvgIpc) is 2.99. The van der Waals surface area contributed by atoms with Crippen LogP contribution in [-0.4, -0.2) is 40.7 Å². The van der Waals surface area contributed by atoms with Gasteiger partial charge < -0.3 is 10.6 Å². The van der Waals surface area contributed by atoms with Crippen molar-refractivity contribution in [3.05, 3.63) is 11.6 Å². The zero-order valence-corrected chi connectivity index (χ0v) is 10.1. The highest BCUT2D eigenvalue weighted by molar-refractivity contribution is 5.90. The van der Waals surface area contributed by atoms with Crippen LogP contribution < -0.4 is 10.6 Å². The SMILES string of the molecule is CCc1nc(C(=O)NCCC2CCNC2)n[nH]1. The molecule has 1 unspecified atom stereocenters. The number of amides is 1. The van der Waals surface area contributed by atoms with Crippen molar-refractivity contribution in [1.29, 1.82) is 0 Å². The largest absolute Gasteiger partial charge is 0.349 e. The quantitative estimate of drug-likeness (QED) is 0.678. The minimum atomic E-state index is -0.188. The Morgan fingerprint density at radius 2 is 2.47 bits per heavy atom. The van der Waals surface area contributed by atoms with Crippen LogP contribution in [0.25, 0.3) is 0 Å². The van der Waals surface area contributed by atoms with Gasteiger partial charge in [0, 0.05) is 13.0 Å². The number of nitrogens with zero attached hydrogens (tertiary/aromatic N) is 2. The van der Waals surface area contributed by atoms with Crippen molar-refractivity contribution >= 4 is 5.91 Å². The van der Waals surface area contributed by atoms with Gasteiger partial charge in [-0.3, -0.25) is 9.89 Å². The lowest BCUT2D eigenvalue weighted by molar-refractivity contribution is 0.0941. The monoisotopic (exact) mass is 237 g/mol. The van der Waals surface area contributed by atoms with E-state index in [-0.39, 0.29) is 11.7 Å². The first-order chi connectivity index (χ1) is 8.29. The third-order valence-corrected chi connectivity index (χ3v) is 3.07. The molecule has 1 fully saturated rings. The summed E-state index contributed by atoms with van der Waals surface area (Å²) in [6, 6.07) is 0. The van der Waals surface area contributed by atoms with Gasteiger partial charge in [-0.1, -0.05) is 6.92 Å². The lowest BCUT2D eigenvalue weighted by atomic mass is 10.1. The number of nitrogens with one attached hydrogen (secondary N) is 3. The zero-order valence-electron chi connectivity index (χ0n) is 10.1. The van der Waals surface area contributed by atoms with Gasteiger partial charge in [-0.25, -0.2) is 4.98 Å². The number of carbonyl (C=O) groups is 1. The van der Waals surface area contributed by atoms with Gasteiger partial charge in [-0.05, 0) is 31.8 Å². The van der Waals surface area contributed by atoms with Crippen LogP contribution in [0, 0.1) is 5.92 Å². The molecule has 1 aromatic heterocycles. The molecule has 1 atom stereocenters. The molecule has 2 rings (SSSR count). The van der Waals surface area contributed by atoms with Gasteiger partial charge in [0.25, 0.3) is 5.91 Å². The van der Waals surface area contributed by atoms with Crippen molar-refractivity contribution in [2.24, 2.45) is 5.92 Å². The van der Waals surface area contributed by atoms with Crippen LogP contribution in [0.3, 0.4) is 0 Å². The zero-order chi connectivity index (χ0) is 12.1. The maximum absolute atomic E-state index is 11.7. The molecule has 1 amide bonds. The minimum Gasteiger partial charge on any atom is -0.349 e. The predicted octanol–water partition coefficient (Wildman–Crippen LogP) is 0.0965. The fraction of sp³-hybridized carbons (Fsp3) is 0.727. The first-order valence-electron chi connectivity index (χ1n) is 6.19. The van der Waals surface area contributed by atoms with E-state index in [1.54, 1.807) is 0 Å². The maximum Gasteiger partial charge on any atom is 0.290 e. The molecule has 0 radical (unpaired) electrons. The van der Waals surface area contributed by atoms with Gasteiger partial charge in [0.1, 0.15) is 5.82 Å². The van der Waals surface area contributed by atoms with Crippen molar-refractivity contribution in [2.45, 2.75) is 26.2 Å². The molecular weight excluding hydrogens is 218 g/mol. The summed E-state index contributed by atoms with van der Waals surface area (Å²) in [5.74, 6) is 1.49. The molecule has 1 aliphatic heterocycles. The molecule has 0 aliphatic carbocycles. The molecule has 94 valence electrons. The summed E-state index contributed by atoms with van der Waals surface area (Å²) in [6.45, 7) is 4.83. The van der Waals surface area contributed by atoms with Crippen LogP contribution >= 0.6 is 0 Å². The van der Waals surface area contributed by atoms with Crippen LogP contribution in [0.15, 0.2) is 0 Å². The summed E-state index contributed by atoms with van der Waals surface area (Å²) < 4.78 is 0. The van der Waals surface area contributed by atoms with Gasteiger partial charge in [-0.15, -0.1) is 5.10 Å². The van der Waals surface area contributed by atoms with Gasteiger partial charge in [0.2, 0.25) is 5.82 Å². The number of rotatable bonds is 5. The van der Waals surface area contributed by atoms with E-state index in [1.807, 2.05) is 6.92 Å². The van der Waals surface area contributed by atoms with E-state index in [0.29, 0.717) is 12.5 Å². The second-order valence-electron chi connectivity index (χ2n) is 4.36. The molecule has 0 saturated carbocycles. The van der Waals surface area contributed by atoms with E-state index in [1.165, 1.54) is 6.42 Å². The maximum atomic E-state index is 11.7. The third-order valence-electron chi connectivity index (χ3n) is 3.07. The normalized spacial score (nSPS) is 19.5. The predicted molar refractivity (Wildman–Crippen MR) is 63.7 cm³/mol. The van der Waals surface area contributed by atoms with Crippen molar-refractivity contribution in [1.82, 2.24) is 25.8 Å². The van der Waals surface area contributed by atoms with E-state index in [2.05, 4.69) is 25.8 Å². The van der Waals surface area contributed by atoms with Crippen LogP contribution in [0.2, 0.25) is 0 Å². The molecule has 6 nitrogen and oxygen atoms in total. The highest BCUT2D eigenvalue weighted by Gasteiger charge is 2.15. The number of carbonyl (C=O) groups excluding carboxylic acids is 1. The first-order valence-corrected chi connectivity index (χ1v) is 6.19. The molecule has 1 aromatic rings. The Labute approximate surface area is 101 Å². The smallest absolute Gasteiger partial charge is 0.290 e. The number of aromatic amines is 1. The molecule has 0 aromatic carbocycles. The number of hydrogen-bond acceptors (Lipinski definition) is 4. The number of aryl methyl sites for hydroxylation is 1. The Kier molecular flexibility index (Phi) is 4.08. The Balaban J connectivity index is 1.72. The summed E-state index contributed by atoms with van der Waals surface area (Å²) in [5.41, 5.74) is 0. The van der Waals surface area contributed by atoms with Crippen LogP contribution in [0.1, 0.15) is 36.2 Å². The molecule has 3 N–H and O–H groups in total. The standard InChI is InChI=1S/C11H19N5O/c1-2-9-14-10(16-15-9)11(17)13-6-4-8-3-5-12-7-8/h8,12H,2-7H2,1H3,(H,13,17)(H,14,15,16). The number of aromatic nitrogens is 3. The Morgan fingerprint density at radius 1 is 1.59 bits per heavy atom. The molecule has 0 bridgehead atoms. The van der Waals surface area contributed by atoms with E-state index < -0.39 is 0 Å². The summed E-state index contributed by atoms with van der Waals surface area (Å²) >= 11 is 0. The Morgan fingerprint density at radius 3 is 3.12 bits per heavy atom. The molecule has 1 saturated heterocycles. The van der Waals surface area contributed by atoms with Crippen molar-refractivity contribution in [3.63, 3.8) is 0 Å². The highest BCUT2D eigenvalue weighted by atomic mass is 16.2. The van der Waals surface area contributed by atoms with Crippen molar-refractivity contribution < 1.29 is 4.79 Å². The second-order valence-corrected chi connectivity index (χ2v) is 4.36. The van der Waals surface area contributed by atoms with E-state index in [0.717, 1.165) is 31.8 Å². The second kappa shape index (κ2) is 5.77. The summed E-state index contributed by atoms with van der Waals surface area (Å²) in [6.07, 6.45) is 2.98. The van der Waals surface area contributed by atoms with E-state index >= 15 is 0 Å². The van der Waals surface area contributed by atoms with Gasteiger partial charge in [0.15, 0.2) is 0 Å². The Bertz CT molecular complexity index is 370. The van der Waals surface area contributed by atoms with Gasteiger partial charge in [0.05, 0.1) is 0 Å². The molecule has 2 heterocycles. The number of hydrogen-bond donors (Lipinski definition) is 3. The summed E-state index contributed by atoms with van der Waals surface area (Å²) in [5, 5.41) is 12.8. The summed E-state index contributed by atoms with van der Waals surface area (Å²) in [4.78, 5) is 15.8. The molecule has 6 heteroatoms. The van der Waals surface area contributed by atoms with Gasteiger partial charge in [-0.2, -0.15) is 0 Å².